The molecule has 0 N–H and O–H groups in total. The molecule has 130 valence electrons. The Morgan fingerprint density at radius 2 is 1.88 bits per heavy atom. The number of rotatable bonds is 2. The lowest BCUT2D eigenvalue weighted by molar-refractivity contribution is -0.0620. The van der Waals surface area contributed by atoms with Crippen LogP contribution >= 0.6 is 0 Å². The summed E-state index contributed by atoms with van der Waals surface area (Å²) in [5.74, 6) is 2.49. The monoisotopic (exact) mass is 336 g/mol. The van der Waals surface area contributed by atoms with Gasteiger partial charge in [0.25, 0.3) is 0 Å². The number of amides is 1. The van der Waals surface area contributed by atoms with E-state index >= 15 is 0 Å². The Morgan fingerprint density at radius 1 is 1.20 bits per heavy atom. The van der Waals surface area contributed by atoms with Crippen LogP contribution in [0.5, 0.6) is 0 Å². The summed E-state index contributed by atoms with van der Waals surface area (Å²) in [5.41, 5.74) is 1.80. The molecule has 4 aliphatic carbocycles. The molecule has 4 fully saturated rings. The van der Waals surface area contributed by atoms with Gasteiger partial charge in [0.15, 0.2) is 0 Å². The van der Waals surface area contributed by atoms with Crippen LogP contribution in [0.2, 0.25) is 0 Å². The number of nitrogens with zero attached hydrogens (tertiary/aromatic N) is 4. The standard InChI is InChI=1S/C20H24N4O/c1-23(20-8-14-5-15(9-20)7-16(6-14)10-20)19(25)24-12-18(22-13-24)17-3-2-4-21-11-17/h2-4,11-16H,5-10H2,1H3. The fourth-order valence-corrected chi connectivity index (χ4v) is 5.94. The highest BCUT2D eigenvalue weighted by Crippen LogP contribution is 2.57. The largest absolute Gasteiger partial charge is 0.329 e. The van der Waals surface area contributed by atoms with Crippen molar-refractivity contribution in [3.8, 4) is 11.3 Å². The highest BCUT2D eigenvalue weighted by molar-refractivity contribution is 5.78. The second-order valence-electron chi connectivity index (χ2n) is 8.39. The molecule has 0 aliphatic heterocycles. The van der Waals surface area contributed by atoms with Crippen LogP contribution in [0.15, 0.2) is 37.1 Å². The normalized spacial score (nSPS) is 32.8. The maximum Gasteiger partial charge on any atom is 0.329 e. The van der Waals surface area contributed by atoms with Gasteiger partial charge in [0.2, 0.25) is 0 Å². The average molecular weight is 336 g/mol. The molecule has 4 saturated carbocycles. The predicted molar refractivity (Wildman–Crippen MR) is 94.9 cm³/mol. The second-order valence-corrected chi connectivity index (χ2v) is 8.39. The van der Waals surface area contributed by atoms with E-state index in [4.69, 9.17) is 0 Å². The number of imidazole rings is 1. The van der Waals surface area contributed by atoms with Crippen LogP contribution in [0.4, 0.5) is 4.79 Å². The molecule has 0 aromatic carbocycles. The summed E-state index contributed by atoms with van der Waals surface area (Å²) in [6, 6.07) is 3.90. The third-order valence-electron chi connectivity index (χ3n) is 6.77. The van der Waals surface area contributed by atoms with E-state index in [0.717, 1.165) is 29.0 Å². The lowest BCUT2D eigenvalue weighted by atomic mass is 9.52. The molecule has 0 saturated heterocycles. The van der Waals surface area contributed by atoms with Crippen molar-refractivity contribution in [2.24, 2.45) is 17.8 Å². The average Bonchev–Trinajstić information content (AvgIpc) is 3.10. The van der Waals surface area contributed by atoms with Gasteiger partial charge in [-0.1, -0.05) is 0 Å². The summed E-state index contributed by atoms with van der Waals surface area (Å²) in [6.45, 7) is 0. The van der Waals surface area contributed by atoms with Gasteiger partial charge in [-0.15, -0.1) is 0 Å². The molecule has 2 aromatic heterocycles. The van der Waals surface area contributed by atoms with Gasteiger partial charge in [-0.25, -0.2) is 9.78 Å². The third-order valence-corrected chi connectivity index (χ3v) is 6.77. The van der Waals surface area contributed by atoms with E-state index in [0.29, 0.717) is 0 Å². The maximum atomic E-state index is 13.1. The SMILES string of the molecule is CN(C(=O)n1cnc(-c2cccnc2)c1)C12CC3CC(CC(C3)C1)C2. The van der Waals surface area contributed by atoms with Crippen LogP contribution in [0.3, 0.4) is 0 Å². The number of pyridine rings is 1. The molecular weight excluding hydrogens is 312 g/mol. The quantitative estimate of drug-likeness (QED) is 0.838. The molecule has 4 bridgehead atoms. The van der Waals surface area contributed by atoms with Gasteiger partial charge in [0.05, 0.1) is 5.69 Å². The lowest BCUT2D eigenvalue weighted by Gasteiger charge is -2.59. The van der Waals surface area contributed by atoms with Crippen molar-refractivity contribution in [3.63, 3.8) is 0 Å². The van der Waals surface area contributed by atoms with Crippen LogP contribution in [-0.2, 0) is 0 Å². The molecular formula is C20H24N4O. The third kappa shape index (κ3) is 2.40. The first kappa shape index (κ1) is 15.1. The van der Waals surface area contributed by atoms with Crippen molar-refractivity contribution in [1.82, 2.24) is 19.4 Å². The Labute approximate surface area is 148 Å². The van der Waals surface area contributed by atoms with E-state index < -0.39 is 0 Å². The minimum absolute atomic E-state index is 0.0459. The molecule has 6 rings (SSSR count). The first-order valence-electron chi connectivity index (χ1n) is 9.35. The zero-order chi connectivity index (χ0) is 17.0. The molecule has 1 amide bonds. The highest BCUT2D eigenvalue weighted by atomic mass is 16.2. The molecule has 0 radical (unpaired) electrons. The number of carbonyl (C=O) groups is 1. The van der Waals surface area contributed by atoms with E-state index in [-0.39, 0.29) is 11.6 Å². The van der Waals surface area contributed by atoms with E-state index in [1.807, 2.05) is 30.3 Å². The Balaban J connectivity index is 1.40. The van der Waals surface area contributed by atoms with Gasteiger partial charge in [-0.05, 0) is 68.4 Å². The summed E-state index contributed by atoms with van der Waals surface area (Å²) in [6.07, 6.45) is 14.7. The Morgan fingerprint density at radius 3 is 2.48 bits per heavy atom. The molecule has 5 heteroatoms. The summed E-state index contributed by atoms with van der Waals surface area (Å²) in [5, 5.41) is 0. The molecule has 5 nitrogen and oxygen atoms in total. The summed E-state index contributed by atoms with van der Waals surface area (Å²) >= 11 is 0. The van der Waals surface area contributed by atoms with Gasteiger partial charge in [-0.2, -0.15) is 0 Å². The van der Waals surface area contributed by atoms with Crippen LogP contribution in [0.1, 0.15) is 38.5 Å². The number of hydrogen-bond donors (Lipinski definition) is 0. The van der Waals surface area contributed by atoms with E-state index in [1.54, 1.807) is 23.3 Å². The Hall–Kier alpha value is -2.17. The Bertz CT molecular complexity index is 762. The van der Waals surface area contributed by atoms with Gasteiger partial charge in [0, 0.05) is 36.7 Å². The van der Waals surface area contributed by atoms with E-state index in [2.05, 4.69) is 9.97 Å². The van der Waals surface area contributed by atoms with Crippen molar-refractivity contribution in [2.75, 3.05) is 7.05 Å². The molecule has 2 aromatic rings. The van der Waals surface area contributed by atoms with E-state index in [1.165, 1.54) is 38.5 Å². The van der Waals surface area contributed by atoms with Crippen molar-refractivity contribution < 1.29 is 4.79 Å². The predicted octanol–water partition coefficient (Wildman–Crippen LogP) is 3.81. The number of aromatic nitrogens is 3. The van der Waals surface area contributed by atoms with Crippen LogP contribution in [0, 0.1) is 17.8 Å². The van der Waals surface area contributed by atoms with Crippen LogP contribution < -0.4 is 0 Å². The Kier molecular flexibility index (Phi) is 3.27. The molecule has 0 unspecified atom stereocenters. The van der Waals surface area contributed by atoms with Gasteiger partial charge in [0.1, 0.15) is 6.33 Å². The molecule has 0 atom stereocenters. The fourth-order valence-electron chi connectivity index (χ4n) is 5.94. The highest BCUT2D eigenvalue weighted by Gasteiger charge is 2.53. The zero-order valence-corrected chi connectivity index (χ0v) is 14.6. The van der Waals surface area contributed by atoms with Crippen LogP contribution in [-0.4, -0.2) is 38.1 Å². The summed E-state index contributed by atoms with van der Waals surface area (Å²) in [7, 11) is 2.00. The van der Waals surface area contributed by atoms with Crippen molar-refractivity contribution in [2.45, 2.75) is 44.1 Å². The minimum Gasteiger partial charge on any atom is -0.321 e. The minimum atomic E-state index is 0.0459. The van der Waals surface area contributed by atoms with Gasteiger partial charge >= 0.3 is 6.03 Å². The molecule has 25 heavy (non-hydrogen) atoms. The first-order valence-corrected chi connectivity index (χ1v) is 9.35. The first-order chi connectivity index (χ1) is 12.1. The van der Waals surface area contributed by atoms with Crippen molar-refractivity contribution >= 4 is 6.03 Å². The molecule has 0 spiro atoms. The van der Waals surface area contributed by atoms with E-state index in [9.17, 15) is 4.79 Å². The van der Waals surface area contributed by atoms with Crippen molar-refractivity contribution in [1.29, 1.82) is 0 Å². The number of carbonyl (C=O) groups excluding carboxylic acids is 1. The topological polar surface area (TPSA) is 51.0 Å². The molecule has 2 heterocycles. The summed E-state index contributed by atoms with van der Waals surface area (Å²) < 4.78 is 1.64. The van der Waals surface area contributed by atoms with Gasteiger partial charge in [-0.3, -0.25) is 9.55 Å². The van der Waals surface area contributed by atoms with Crippen LogP contribution in [0.25, 0.3) is 11.3 Å². The second kappa shape index (κ2) is 5.41. The van der Waals surface area contributed by atoms with Gasteiger partial charge < -0.3 is 4.90 Å². The maximum absolute atomic E-state index is 13.1. The number of hydrogen-bond acceptors (Lipinski definition) is 3. The molecule has 4 aliphatic rings. The fraction of sp³-hybridized carbons (Fsp3) is 0.550. The van der Waals surface area contributed by atoms with Crippen molar-refractivity contribution in [3.05, 3.63) is 37.1 Å². The summed E-state index contributed by atoms with van der Waals surface area (Å²) in [4.78, 5) is 23.7. The smallest absolute Gasteiger partial charge is 0.321 e. The zero-order valence-electron chi connectivity index (χ0n) is 14.6. The lowest BCUT2D eigenvalue weighted by Crippen LogP contribution is -2.60.